The fourth-order valence-electron chi connectivity index (χ4n) is 3.54. The van der Waals surface area contributed by atoms with Crippen molar-refractivity contribution in [1.29, 1.82) is 0 Å². The number of rotatable bonds is 6. The van der Waals surface area contributed by atoms with E-state index in [1.54, 1.807) is 17.9 Å². The van der Waals surface area contributed by atoms with Crippen LogP contribution in [0.3, 0.4) is 0 Å². The predicted molar refractivity (Wildman–Crippen MR) is 119 cm³/mol. The lowest BCUT2D eigenvalue weighted by atomic mass is 10.1. The van der Waals surface area contributed by atoms with Gasteiger partial charge in [0, 0.05) is 12.1 Å². The quantitative estimate of drug-likeness (QED) is 0.499. The molecular weight excluding hydrogens is 406 g/mol. The number of nitrogens with one attached hydrogen (secondary N) is 1. The van der Waals surface area contributed by atoms with Crippen molar-refractivity contribution < 1.29 is 19.0 Å². The zero-order valence-electron chi connectivity index (χ0n) is 17.4. The van der Waals surface area contributed by atoms with Crippen LogP contribution >= 0.6 is 0 Å². The Bertz CT molecular complexity index is 1250. The number of carbonyl (C=O) groups is 1. The van der Waals surface area contributed by atoms with Crippen molar-refractivity contribution in [1.82, 2.24) is 15.1 Å². The number of hydrogen-bond acceptors (Lipinski definition) is 5. The van der Waals surface area contributed by atoms with Gasteiger partial charge in [-0.25, -0.2) is 4.68 Å². The lowest BCUT2D eigenvalue weighted by Gasteiger charge is -2.09. The van der Waals surface area contributed by atoms with Crippen molar-refractivity contribution in [2.24, 2.45) is 0 Å². The van der Waals surface area contributed by atoms with Crippen molar-refractivity contribution in [3.05, 3.63) is 90.1 Å². The second-order valence-electron chi connectivity index (χ2n) is 7.26. The van der Waals surface area contributed by atoms with Crippen LogP contribution in [-0.2, 0) is 6.54 Å². The highest BCUT2D eigenvalue weighted by atomic mass is 16.7. The summed E-state index contributed by atoms with van der Waals surface area (Å²) in [6.07, 6.45) is 0. The molecule has 1 aliphatic rings. The second-order valence-corrected chi connectivity index (χ2v) is 7.26. The van der Waals surface area contributed by atoms with Gasteiger partial charge in [0.05, 0.1) is 18.5 Å². The largest absolute Gasteiger partial charge is 0.497 e. The van der Waals surface area contributed by atoms with E-state index in [-0.39, 0.29) is 12.7 Å². The molecule has 0 saturated carbocycles. The Kier molecular flexibility index (Phi) is 5.21. The summed E-state index contributed by atoms with van der Waals surface area (Å²) in [5, 5.41) is 7.69. The highest BCUT2D eigenvalue weighted by Crippen LogP contribution is 2.32. The lowest BCUT2D eigenvalue weighted by Crippen LogP contribution is -2.25. The third-order valence-electron chi connectivity index (χ3n) is 5.22. The van der Waals surface area contributed by atoms with Gasteiger partial charge < -0.3 is 19.5 Å². The van der Waals surface area contributed by atoms with E-state index in [9.17, 15) is 4.79 Å². The fourth-order valence-corrected chi connectivity index (χ4v) is 3.54. The molecule has 2 heterocycles. The van der Waals surface area contributed by atoms with Crippen LogP contribution in [0.1, 0.15) is 16.1 Å². The van der Waals surface area contributed by atoms with Crippen LogP contribution in [-0.4, -0.2) is 29.6 Å². The Labute approximate surface area is 185 Å². The maximum atomic E-state index is 13.1. The molecule has 1 aliphatic heterocycles. The first-order chi connectivity index (χ1) is 15.7. The van der Waals surface area contributed by atoms with E-state index in [2.05, 4.69) is 5.32 Å². The Morgan fingerprint density at radius 3 is 2.56 bits per heavy atom. The molecule has 5 rings (SSSR count). The molecule has 0 atom stereocenters. The monoisotopic (exact) mass is 427 g/mol. The van der Waals surface area contributed by atoms with Gasteiger partial charge in [-0.05, 0) is 60.2 Å². The number of amides is 1. The van der Waals surface area contributed by atoms with E-state index in [4.69, 9.17) is 19.3 Å². The Morgan fingerprint density at radius 1 is 1.00 bits per heavy atom. The SMILES string of the molecule is COc1ccc(-c2cc(C(=O)NCc3ccc4c(c3)OCO4)n(-c3ccccc3)n2)cc1. The van der Waals surface area contributed by atoms with E-state index in [1.165, 1.54) is 0 Å². The van der Waals surface area contributed by atoms with Crippen LogP contribution < -0.4 is 19.5 Å². The molecule has 160 valence electrons. The van der Waals surface area contributed by atoms with Crippen LogP contribution in [0.2, 0.25) is 0 Å². The van der Waals surface area contributed by atoms with E-state index < -0.39 is 0 Å². The average molecular weight is 427 g/mol. The van der Waals surface area contributed by atoms with Crippen LogP contribution in [0.4, 0.5) is 0 Å². The number of ether oxygens (including phenoxy) is 3. The molecule has 0 unspecified atom stereocenters. The molecule has 0 fully saturated rings. The van der Waals surface area contributed by atoms with Crippen LogP contribution in [0.5, 0.6) is 17.2 Å². The van der Waals surface area contributed by atoms with Gasteiger partial charge in [0.25, 0.3) is 5.91 Å². The summed E-state index contributed by atoms with van der Waals surface area (Å²) in [5.74, 6) is 1.94. The minimum atomic E-state index is -0.223. The van der Waals surface area contributed by atoms with Crippen LogP contribution in [0, 0.1) is 0 Å². The number of aromatic nitrogens is 2. The first-order valence-corrected chi connectivity index (χ1v) is 10.2. The molecule has 32 heavy (non-hydrogen) atoms. The normalized spacial score (nSPS) is 11.9. The van der Waals surface area contributed by atoms with Gasteiger partial charge in [0.1, 0.15) is 11.4 Å². The first kappa shape index (κ1) is 19.7. The molecule has 1 amide bonds. The van der Waals surface area contributed by atoms with E-state index in [0.29, 0.717) is 29.4 Å². The van der Waals surface area contributed by atoms with Gasteiger partial charge in [-0.2, -0.15) is 5.10 Å². The summed E-state index contributed by atoms with van der Waals surface area (Å²) in [6, 6.07) is 24.6. The summed E-state index contributed by atoms with van der Waals surface area (Å²) in [6.45, 7) is 0.572. The van der Waals surface area contributed by atoms with Gasteiger partial charge in [0.15, 0.2) is 11.5 Å². The molecule has 0 bridgehead atoms. The molecule has 0 radical (unpaired) electrons. The summed E-state index contributed by atoms with van der Waals surface area (Å²) in [7, 11) is 1.63. The number of benzene rings is 3. The van der Waals surface area contributed by atoms with Gasteiger partial charge in [-0.1, -0.05) is 24.3 Å². The third kappa shape index (κ3) is 3.88. The number of nitrogens with zero attached hydrogens (tertiary/aromatic N) is 2. The molecule has 0 saturated heterocycles. The standard InChI is InChI=1S/C25H21N3O4/c1-30-20-10-8-18(9-11-20)21-14-22(28(27-21)19-5-3-2-4-6-19)25(29)26-15-17-7-12-23-24(13-17)32-16-31-23/h2-14H,15-16H2,1H3,(H,26,29). The van der Waals surface area contributed by atoms with Crippen molar-refractivity contribution in [2.45, 2.75) is 6.54 Å². The van der Waals surface area contributed by atoms with E-state index in [0.717, 1.165) is 22.6 Å². The molecule has 7 heteroatoms. The molecule has 0 aliphatic carbocycles. The lowest BCUT2D eigenvalue weighted by molar-refractivity contribution is 0.0943. The zero-order valence-corrected chi connectivity index (χ0v) is 17.4. The molecule has 3 aromatic carbocycles. The molecule has 7 nitrogen and oxygen atoms in total. The van der Waals surface area contributed by atoms with Gasteiger partial charge in [-0.3, -0.25) is 4.79 Å². The smallest absolute Gasteiger partial charge is 0.270 e. The van der Waals surface area contributed by atoms with E-state index >= 15 is 0 Å². The number of fused-ring (bicyclic) bond motifs is 1. The van der Waals surface area contributed by atoms with Crippen molar-refractivity contribution in [2.75, 3.05) is 13.9 Å². The molecular formula is C25H21N3O4. The number of para-hydroxylation sites is 1. The summed E-state index contributed by atoms with van der Waals surface area (Å²) >= 11 is 0. The highest BCUT2D eigenvalue weighted by Gasteiger charge is 2.18. The van der Waals surface area contributed by atoms with Crippen LogP contribution in [0.25, 0.3) is 16.9 Å². The zero-order chi connectivity index (χ0) is 21.9. The van der Waals surface area contributed by atoms with Gasteiger partial charge in [0.2, 0.25) is 6.79 Å². The molecule has 1 aromatic heterocycles. The minimum Gasteiger partial charge on any atom is -0.497 e. The predicted octanol–water partition coefficient (Wildman–Crippen LogP) is 4.21. The summed E-state index contributed by atoms with van der Waals surface area (Å²) < 4.78 is 17.7. The number of carbonyl (C=O) groups excluding carboxylic acids is 1. The topological polar surface area (TPSA) is 74.6 Å². The first-order valence-electron chi connectivity index (χ1n) is 10.2. The maximum absolute atomic E-state index is 13.1. The number of hydrogen-bond donors (Lipinski definition) is 1. The van der Waals surface area contributed by atoms with Crippen molar-refractivity contribution in [3.63, 3.8) is 0 Å². The Balaban J connectivity index is 1.43. The Morgan fingerprint density at radius 2 is 1.78 bits per heavy atom. The summed E-state index contributed by atoms with van der Waals surface area (Å²) in [5.41, 5.74) is 3.77. The maximum Gasteiger partial charge on any atom is 0.270 e. The molecule has 4 aromatic rings. The average Bonchev–Trinajstić information content (AvgIpc) is 3.50. The number of methoxy groups -OCH3 is 1. The third-order valence-corrected chi connectivity index (χ3v) is 5.22. The van der Waals surface area contributed by atoms with E-state index in [1.807, 2.05) is 72.8 Å². The van der Waals surface area contributed by atoms with Crippen LogP contribution in [0.15, 0.2) is 78.9 Å². The molecule has 0 spiro atoms. The fraction of sp³-hybridized carbons (Fsp3) is 0.120. The molecule has 1 N–H and O–H groups in total. The van der Waals surface area contributed by atoms with Gasteiger partial charge in [-0.15, -0.1) is 0 Å². The second kappa shape index (κ2) is 8.47. The highest BCUT2D eigenvalue weighted by molar-refractivity contribution is 5.94. The van der Waals surface area contributed by atoms with Crippen molar-refractivity contribution in [3.8, 4) is 34.2 Å². The summed E-state index contributed by atoms with van der Waals surface area (Å²) in [4.78, 5) is 13.1. The minimum absolute atomic E-state index is 0.218. The van der Waals surface area contributed by atoms with Gasteiger partial charge >= 0.3 is 0 Å². The van der Waals surface area contributed by atoms with Crippen molar-refractivity contribution >= 4 is 5.91 Å². The Hall–Kier alpha value is -4.26.